The van der Waals surface area contributed by atoms with Crippen LogP contribution in [0.3, 0.4) is 0 Å². The Hall–Kier alpha value is -4.51. The van der Waals surface area contributed by atoms with Gasteiger partial charge in [-0.3, -0.25) is 14.8 Å². The van der Waals surface area contributed by atoms with Gasteiger partial charge in [0, 0.05) is 29.1 Å². The van der Waals surface area contributed by atoms with Crippen LogP contribution in [0.4, 0.5) is 8.78 Å². The van der Waals surface area contributed by atoms with E-state index in [1.54, 1.807) is 30.9 Å². The van der Waals surface area contributed by atoms with Gasteiger partial charge in [0.05, 0.1) is 6.33 Å². The monoisotopic (exact) mass is 507 g/mol. The summed E-state index contributed by atoms with van der Waals surface area (Å²) in [6.07, 6.45) is 2.91. The summed E-state index contributed by atoms with van der Waals surface area (Å²) in [5.74, 6) is 9.18. The molecule has 0 saturated carbocycles. The first-order valence-electron chi connectivity index (χ1n) is 11.1. The minimum atomic E-state index is -3.13. The maximum atomic E-state index is 13.2. The number of rotatable bonds is 6. The van der Waals surface area contributed by atoms with Crippen molar-refractivity contribution in [3.8, 4) is 23.7 Å². The third kappa shape index (κ3) is 8.89. The van der Waals surface area contributed by atoms with Crippen LogP contribution in [0.2, 0.25) is 0 Å². The van der Waals surface area contributed by atoms with Crippen LogP contribution in [0.1, 0.15) is 40.9 Å². The first-order valence-corrected chi connectivity index (χ1v) is 11.1. The number of nitrogens with one attached hydrogen (secondary N) is 3. The fourth-order valence-electron chi connectivity index (χ4n) is 2.86. The molecule has 2 aromatic carbocycles. The standard InChI is InChI=1S/C24H23F2N3O3.C3H4N2/c1-3-16-8-10-17(11-9-16)6-4-5-7-18-12-14-19(15-13-18)21(30)28-20(22(31)29-32)24(2,27)23(25)26;1-2-5-3-4-1/h8-15,20,23,32H,3,27H2,1-2H3,(H,28,30)(H,29,31);1-3H,(H,4,5)/t20-,24?;/m1./s1. The molecular weight excluding hydrogens is 480 g/mol. The highest BCUT2D eigenvalue weighted by Crippen LogP contribution is 2.18. The minimum absolute atomic E-state index is 0.0958. The number of hydroxylamine groups is 1. The molecule has 2 atom stereocenters. The number of nitrogens with zero attached hydrogens (tertiary/aromatic N) is 1. The number of nitrogens with two attached hydrogens (primary N) is 1. The van der Waals surface area contributed by atoms with Gasteiger partial charge in [0.2, 0.25) is 0 Å². The molecule has 192 valence electrons. The Bertz CT molecular complexity index is 1250. The molecule has 0 spiro atoms. The van der Waals surface area contributed by atoms with E-state index in [9.17, 15) is 18.4 Å². The predicted octanol–water partition coefficient (Wildman–Crippen LogP) is 2.65. The lowest BCUT2D eigenvalue weighted by molar-refractivity contribution is -0.134. The average molecular weight is 508 g/mol. The van der Waals surface area contributed by atoms with Gasteiger partial charge >= 0.3 is 0 Å². The van der Waals surface area contributed by atoms with E-state index < -0.39 is 29.8 Å². The summed E-state index contributed by atoms with van der Waals surface area (Å²) >= 11 is 0. The summed E-state index contributed by atoms with van der Waals surface area (Å²) in [5.41, 5.74) is 7.07. The zero-order valence-corrected chi connectivity index (χ0v) is 20.3. The van der Waals surface area contributed by atoms with E-state index in [-0.39, 0.29) is 5.56 Å². The fourth-order valence-corrected chi connectivity index (χ4v) is 2.86. The number of halogens is 2. The van der Waals surface area contributed by atoms with E-state index in [2.05, 4.69) is 45.9 Å². The summed E-state index contributed by atoms with van der Waals surface area (Å²) in [6.45, 7) is 2.97. The molecular formula is C27H27F2N5O3. The molecule has 0 aliphatic carbocycles. The highest BCUT2D eigenvalue weighted by atomic mass is 19.3. The van der Waals surface area contributed by atoms with Gasteiger partial charge in [-0.05, 0) is 67.1 Å². The summed E-state index contributed by atoms with van der Waals surface area (Å²) in [4.78, 5) is 30.5. The molecule has 0 radical (unpaired) electrons. The van der Waals surface area contributed by atoms with Gasteiger partial charge in [0.15, 0.2) is 0 Å². The molecule has 8 nitrogen and oxygen atoms in total. The second kappa shape index (κ2) is 14.1. The summed E-state index contributed by atoms with van der Waals surface area (Å²) in [5, 5.41) is 10.9. The summed E-state index contributed by atoms with van der Waals surface area (Å²) in [7, 11) is 0. The normalized spacial score (nSPS) is 12.3. The van der Waals surface area contributed by atoms with E-state index in [0.29, 0.717) is 5.56 Å². The third-order valence-electron chi connectivity index (χ3n) is 5.13. The number of benzene rings is 2. The number of amides is 2. The van der Waals surface area contributed by atoms with Gasteiger partial charge in [0.25, 0.3) is 18.2 Å². The van der Waals surface area contributed by atoms with Crippen molar-refractivity contribution in [2.24, 2.45) is 5.73 Å². The van der Waals surface area contributed by atoms with Crippen molar-refractivity contribution in [3.63, 3.8) is 0 Å². The van der Waals surface area contributed by atoms with Gasteiger partial charge in [-0.1, -0.05) is 30.9 Å². The number of H-pyrrole nitrogens is 1. The molecule has 3 rings (SSSR count). The Morgan fingerprint density at radius 2 is 1.65 bits per heavy atom. The van der Waals surface area contributed by atoms with Gasteiger partial charge < -0.3 is 16.0 Å². The lowest BCUT2D eigenvalue weighted by atomic mass is 9.92. The van der Waals surface area contributed by atoms with Crippen LogP contribution < -0.4 is 16.5 Å². The summed E-state index contributed by atoms with van der Waals surface area (Å²) < 4.78 is 26.4. The Balaban J connectivity index is 0.000000856. The van der Waals surface area contributed by atoms with E-state index in [4.69, 9.17) is 10.9 Å². The fraction of sp³-hybridized carbons (Fsp3) is 0.222. The van der Waals surface area contributed by atoms with Crippen LogP contribution in [0.15, 0.2) is 67.3 Å². The maximum absolute atomic E-state index is 13.2. The van der Waals surface area contributed by atoms with Crippen LogP contribution in [-0.2, 0) is 11.2 Å². The second-order valence-corrected chi connectivity index (χ2v) is 7.94. The number of aromatic amines is 1. The van der Waals surface area contributed by atoms with E-state index in [0.717, 1.165) is 18.9 Å². The van der Waals surface area contributed by atoms with Crippen LogP contribution in [0.25, 0.3) is 0 Å². The SMILES string of the molecule is CCc1ccc(C#CC#Cc2ccc(C(=O)N[C@H](C(=O)NO)C(C)(N)C(F)F)cc2)cc1.c1c[nH]cn1. The highest BCUT2D eigenvalue weighted by molar-refractivity contribution is 5.98. The molecule has 1 heterocycles. The van der Waals surface area contributed by atoms with Crippen molar-refractivity contribution in [1.29, 1.82) is 0 Å². The Morgan fingerprint density at radius 1 is 1.08 bits per heavy atom. The number of alkyl halides is 2. The van der Waals surface area contributed by atoms with Crippen LogP contribution >= 0.6 is 0 Å². The zero-order valence-electron chi connectivity index (χ0n) is 20.3. The lowest BCUT2D eigenvalue weighted by Crippen LogP contribution is -2.66. The number of carbonyl (C=O) groups excluding carboxylic acids is 2. The Kier molecular flexibility index (Phi) is 11.0. The largest absolute Gasteiger partial charge is 0.351 e. The number of hydrogen-bond acceptors (Lipinski definition) is 5. The minimum Gasteiger partial charge on any atom is -0.351 e. The van der Waals surface area contributed by atoms with Gasteiger partial charge in [-0.2, -0.15) is 0 Å². The van der Waals surface area contributed by atoms with Crippen molar-refractivity contribution in [2.75, 3.05) is 0 Å². The average Bonchev–Trinajstić information content (AvgIpc) is 3.50. The smallest absolute Gasteiger partial charge is 0.268 e. The van der Waals surface area contributed by atoms with Crippen LogP contribution in [0, 0.1) is 23.7 Å². The molecule has 1 unspecified atom stereocenters. The maximum Gasteiger partial charge on any atom is 0.268 e. The molecule has 1 aromatic heterocycles. The number of aryl methyl sites for hydroxylation is 1. The number of imidazole rings is 1. The summed E-state index contributed by atoms with van der Waals surface area (Å²) in [6, 6.07) is 11.9. The number of hydrogen-bond donors (Lipinski definition) is 5. The lowest BCUT2D eigenvalue weighted by Gasteiger charge is -2.32. The predicted molar refractivity (Wildman–Crippen MR) is 134 cm³/mol. The molecule has 6 N–H and O–H groups in total. The van der Waals surface area contributed by atoms with Crippen molar-refractivity contribution in [2.45, 2.75) is 38.3 Å². The number of aromatic nitrogens is 2. The molecule has 0 aliphatic rings. The van der Waals surface area contributed by atoms with Crippen molar-refractivity contribution < 1.29 is 23.6 Å². The molecule has 0 aliphatic heterocycles. The van der Waals surface area contributed by atoms with Crippen LogP contribution in [-0.4, -0.2) is 45.0 Å². The molecule has 10 heteroatoms. The van der Waals surface area contributed by atoms with Crippen molar-refractivity contribution in [3.05, 3.63) is 89.5 Å². The van der Waals surface area contributed by atoms with Crippen LogP contribution in [0.5, 0.6) is 0 Å². The molecule has 3 aromatic rings. The first-order chi connectivity index (χ1) is 17.7. The zero-order chi connectivity index (χ0) is 27.3. The molecule has 2 amide bonds. The number of carbonyl (C=O) groups is 2. The Morgan fingerprint density at radius 3 is 2.05 bits per heavy atom. The highest BCUT2D eigenvalue weighted by Gasteiger charge is 2.44. The first kappa shape index (κ1) is 28.7. The van der Waals surface area contributed by atoms with Gasteiger partial charge in [-0.25, -0.2) is 19.2 Å². The van der Waals surface area contributed by atoms with E-state index in [1.807, 2.05) is 24.3 Å². The van der Waals surface area contributed by atoms with Crippen molar-refractivity contribution in [1.82, 2.24) is 20.8 Å². The molecule has 0 saturated heterocycles. The van der Waals surface area contributed by atoms with Crippen molar-refractivity contribution >= 4 is 11.8 Å². The van der Waals surface area contributed by atoms with E-state index in [1.165, 1.54) is 23.2 Å². The molecule has 0 bridgehead atoms. The quantitative estimate of drug-likeness (QED) is 0.199. The topological polar surface area (TPSA) is 133 Å². The second-order valence-electron chi connectivity index (χ2n) is 7.94. The molecule has 0 fully saturated rings. The van der Waals surface area contributed by atoms with E-state index >= 15 is 0 Å². The van der Waals surface area contributed by atoms with Gasteiger partial charge in [0.1, 0.15) is 11.6 Å². The molecule has 37 heavy (non-hydrogen) atoms. The Labute approximate surface area is 213 Å². The third-order valence-corrected chi connectivity index (χ3v) is 5.13. The van der Waals surface area contributed by atoms with Gasteiger partial charge in [-0.15, -0.1) is 0 Å².